The first-order chi connectivity index (χ1) is 8.16. The van der Waals surface area contributed by atoms with Gasteiger partial charge in [-0.15, -0.1) is 11.3 Å². The van der Waals surface area contributed by atoms with Gasteiger partial charge in [-0.25, -0.2) is 9.78 Å². The molecule has 88 valence electrons. The van der Waals surface area contributed by atoms with E-state index in [9.17, 15) is 4.79 Å². The van der Waals surface area contributed by atoms with E-state index in [4.69, 9.17) is 21.4 Å². The zero-order chi connectivity index (χ0) is 12.3. The molecular weight excluding hydrogens is 262 g/mol. The molecule has 0 unspecified atom stereocenters. The van der Waals surface area contributed by atoms with Crippen LogP contribution < -0.4 is 4.74 Å². The van der Waals surface area contributed by atoms with Gasteiger partial charge in [-0.05, 0) is 18.2 Å². The number of aromatic nitrogens is 1. The van der Waals surface area contributed by atoms with E-state index in [0.29, 0.717) is 12.4 Å². The molecule has 1 N–H and O–H groups in total. The van der Waals surface area contributed by atoms with E-state index in [-0.39, 0.29) is 10.6 Å². The smallest absolute Gasteiger partial charge is 0.337 e. The summed E-state index contributed by atoms with van der Waals surface area (Å²) in [6, 6.07) is 4.53. The molecule has 0 fully saturated rings. The Labute approximate surface area is 106 Å². The minimum Gasteiger partial charge on any atom is -0.487 e. The van der Waals surface area contributed by atoms with Gasteiger partial charge >= 0.3 is 5.97 Å². The molecule has 1 heterocycles. The molecule has 0 amide bonds. The summed E-state index contributed by atoms with van der Waals surface area (Å²) in [5.41, 5.74) is 2.55. The SMILES string of the molecule is O=C(O)c1cc(OCc2cscn2)ccc1Cl. The monoisotopic (exact) mass is 269 g/mol. The number of carboxylic acids is 1. The first-order valence-electron chi connectivity index (χ1n) is 4.69. The molecule has 17 heavy (non-hydrogen) atoms. The second kappa shape index (κ2) is 5.16. The van der Waals surface area contributed by atoms with E-state index in [0.717, 1.165) is 5.69 Å². The fourth-order valence-electron chi connectivity index (χ4n) is 1.22. The normalized spacial score (nSPS) is 10.2. The molecule has 0 bridgehead atoms. The summed E-state index contributed by atoms with van der Waals surface area (Å²) in [5, 5.41) is 11.0. The molecule has 1 aromatic carbocycles. The lowest BCUT2D eigenvalue weighted by Crippen LogP contribution is -2.00. The zero-order valence-electron chi connectivity index (χ0n) is 8.59. The van der Waals surface area contributed by atoms with E-state index in [1.54, 1.807) is 11.6 Å². The van der Waals surface area contributed by atoms with Crippen LogP contribution in [0.2, 0.25) is 5.02 Å². The maximum absolute atomic E-state index is 10.9. The predicted octanol–water partition coefficient (Wildman–Crippen LogP) is 3.07. The van der Waals surface area contributed by atoms with Crippen LogP contribution >= 0.6 is 22.9 Å². The van der Waals surface area contributed by atoms with Crippen molar-refractivity contribution in [2.24, 2.45) is 0 Å². The number of halogens is 1. The molecule has 0 aliphatic carbocycles. The molecule has 2 aromatic rings. The number of nitrogens with zero attached hydrogens (tertiary/aromatic N) is 1. The predicted molar refractivity (Wildman–Crippen MR) is 64.9 cm³/mol. The van der Waals surface area contributed by atoms with Gasteiger partial charge in [0.25, 0.3) is 0 Å². The number of ether oxygens (including phenoxy) is 1. The van der Waals surface area contributed by atoms with Gasteiger partial charge in [-0.2, -0.15) is 0 Å². The average molecular weight is 270 g/mol. The van der Waals surface area contributed by atoms with Crippen molar-refractivity contribution < 1.29 is 14.6 Å². The van der Waals surface area contributed by atoms with Gasteiger partial charge in [0, 0.05) is 5.38 Å². The average Bonchev–Trinajstić information content (AvgIpc) is 2.80. The van der Waals surface area contributed by atoms with Crippen molar-refractivity contribution in [2.45, 2.75) is 6.61 Å². The third-order valence-corrected chi connectivity index (χ3v) is 3.00. The first kappa shape index (κ1) is 11.9. The number of carboxylic acid groups (broad SMARTS) is 1. The maximum Gasteiger partial charge on any atom is 0.337 e. The highest BCUT2D eigenvalue weighted by atomic mass is 35.5. The second-order valence-corrected chi connectivity index (χ2v) is 4.34. The molecule has 0 radical (unpaired) electrons. The highest BCUT2D eigenvalue weighted by Gasteiger charge is 2.10. The third-order valence-electron chi connectivity index (χ3n) is 2.04. The van der Waals surface area contributed by atoms with Gasteiger partial charge in [-0.3, -0.25) is 0 Å². The Morgan fingerprint density at radius 3 is 3.00 bits per heavy atom. The van der Waals surface area contributed by atoms with E-state index < -0.39 is 5.97 Å². The fourth-order valence-corrected chi connectivity index (χ4v) is 1.97. The molecule has 6 heteroatoms. The molecule has 1 aromatic heterocycles. The molecule has 0 aliphatic rings. The Balaban J connectivity index is 2.11. The number of aromatic carboxylic acids is 1. The lowest BCUT2D eigenvalue weighted by atomic mass is 10.2. The minimum atomic E-state index is -1.07. The standard InChI is InChI=1S/C11H8ClNO3S/c12-10-2-1-8(3-9(10)11(14)15)16-4-7-5-17-6-13-7/h1-3,5-6H,4H2,(H,14,15). The maximum atomic E-state index is 10.9. The molecule has 0 spiro atoms. The van der Waals surface area contributed by atoms with Crippen molar-refractivity contribution in [3.8, 4) is 5.75 Å². The van der Waals surface area contributed by atoms with Gasteiger partial charge in [-0.1, -0.05) is 11.6 Å². The van der Waals surface area contributed by atoms with E-state index in [1.165, 1.54) is 23.5 Å². The van der Waals surface area contributed by atoms with Crippen LogP contribution in [0.1, 0.15) is 16.1 Å². The van der Waals surface area contributed by atoms with E-state index >= 15 is 0 Å². The summed E-state index contributed by atoms with van der Waals surface area (Å²) in [5.74, 6) is -0.617. The number of carbonyl (C=O) groups is 1. The number of hydrogen-bond acceptors (Lipinski definition) is 4. The van der Waals surface area contributed by atoms with Crippen LogP contribution in [0.3, 0.4) is 0 Å². The van der Waals surface area contributed by atoms with Crippen LogP contribution in [0.4, 0.5) is 0 Å². The van der Waals surface area contributed by atoms with Crippen molar-refractivity contribution in [3.05, 3.63) is 45.4 Å². The summed E-state index contributed by atoms with van der Waals surface area (Å²) < 4.78 is 5.42. The highest BCUT2D eigenvalue weighted by Crippen LogP contribution is 2.22. The Morgan fingerprint density at radius 2 is 2.35 bits per heavy atom. The Morgan fingerprint density at radius 1 is 1.53 bits per heavy atom. The third kappa shape index (κ3) is 2.95. The zero-order valence-corrected chi connectivity index (χ0v) is 10.2. The highest BCUT2D eigenvalue weighted by molar-refractivity contribution is 7.07. The summed E-state index contributed by atoms with van der Waals surface area (Å²) >= 11 is 7.22. The van der Waals surface area contributed by atoms with Crippen LogP contribution in [-0.4, -0.2) is 16.1 Å². The Bertz CT molecular complexity index is 528. The summed E-state index contributed by atoms with van der Waals surface area (Å²) in [7, 11) is 0. The van der Waals surface area contributed by atoms with Crippen molar-refractivity contribution in [2.75, 3.05) is 0 Å². The second-order valence-electron chi connectivity index (χ2n) is 3.22. The molecule has 0 saturated carbocycles. The Hall–Kier alpha value is -1.59. The number of benzene rings is 1. The van der Waals surface area contributed by atoms with Crippen molar-refractivity contribution >= 4 is 28.9 Å². The van der Waals surface area contributed by atoms with Crippen molar-refractivity contribution in [1.29, 1.82) is 0 Å². The van der Waals surface area contributed by atoms with E-state index in [2.05, 4.69) is 4.98 Å². The summed E-state index contributed by atoms with van der Waals surface area (Å²) in [4.78, 5) is 14.9. The molecule has 0 aliphatic heterocycles. The van der Waals surface area contributed by atoms with Crippen molar-refractivity contribution in [1.82, 2.24) is 4.98 Å². The number of rotatable bonds is 4. The van der Waals surface area contributed by atoms with Gasteiger partial charge in [0.2, 0.25) is 0 Å². The Kier molecular flexibility index (Phi) is 3.61. The molecule has 0 atom stereocenters. The molecule has 2 rings (SSSR count). The van der Waals surface area contributed by atoms with Crippen LogP contribution in [0.5, 0.6) is 5.75 Å². The van der Waals surface area contributed by atoms with Crippen LogP contribution in [-0.2, 0) is 6.61 Å². The topological polar surface area (TPSA) is 59.4 Å². The van der Waals surface area contributed by atoms with Gasteiger partial charge in [0.1, 0.15) is 12.4 Å². The van der Waals surface area contributed by atoms with Crippen LogP contribution in [0.25, 0.3) is 0 Å². The summed E-state index contributed by atoms with van der Waals surface area (Å²) in [6.07, 6.45) is 0. The lowest BCUT2D eigenvalue weighted by Gasteiger charge is -2.06. The minimum absolute atomic E-state index is 0.0300. The number of thiazole rings is 1. The first-order valence-corrected chi connectivity index (χ1v) is 6.01. The quantitative estimate of drug-likeness (QED) is 0.927. The largest absolute Gasteiger partial charge is 0.487 e. The summed E-state index contributed by atoms with van der Waals surface area (Å²) in [6.45, 7) is 0.310. The fraction of sp³-hybridized carbons (Fsp3) is 0.0909. The molecule has 0 saturated heterocycles. The van der Waals surface area contributed by atoms with Gasteiger partial charge < -0.3 is 9.84 Å². The van der Waals surface area contributed by atoms with Crippen molar-refractivity contribution in [3.63, 3.8) is 0 Å². The number of hydrogen-bond donors (Lipinski definition) is 1. The van der Waals surface area contributed by atoms with E-state index in [1.807, 2.05) is 5.38 Å². The van der Waals surface area contributed by atoms with Crippen LogP contribution in [0.15, 0.2) is 29.1 Å². The lowest BCUT2D eigenvalue weighted by molar-refractivity contribution is 0.0696. The van der Waals surface area contributed by atoms with Gasteiger partial charge in [0.15, 0.2) is 0 Å². The van der Waals surface area contributed by atoms with Gasteiger partial charge in [0.05, 0.1) is 21.8 Å². The molecular formula is C11H8ClNO3S. The molecule has 4 nitrogen and oxygen atoms in total. The van der Waals surface area contributed by atoms with Crippen LogP contribution in [0, 0.1) is 0 Å².